The van der Waals surface area contributed by atoms with E-state index in [-0.39, 0.29) is 11.7 Å². The Labute approximate surface area is 191 Å². The molecule has 4 aromatic rings. The second-order valence-electron chi connectivity index (χ2n) is 8.08. The number of carbonyl (C=O) groups is 1. The van der Waals surface area contributed by atoms with Crippen molar-refractivity contribution in [1.82, 2.24) is 30.0 Å². The minimum absolute atomic E-state index is 0.258. The first kappa shape index (κ1) is 21.3. The van der Waals surface area contributed by atoms with Gasteiger partial charge >= 0.3 is 0 Å². The molecule has 0 spiro atoms. The van der Waals surface area contributed by atoms with Crippen LogP contribution in [0.15, 0.2) is 53.1 Å². The Kier molecular flexibility index (Phi) is 6.14. The molecule has 0 bridgehead atoms. The first-order chi connectivity index (χ1) is 16.2. The average Bonchev–Trinajstić information content (AvgIpc) is 3.41. The second kappa shape index (κ2) is 9.51. The third kappa shape index (κ3) is 4.64. The van der Waals surface area contributed by atoms with E-state index in [9.17, 15) is 4.79 Å². The van der Waals surface area contributed by atoms with Crippen LogP contribution in [0.5, 0.6) is 0 Å². The molecule has 1 amide bonds. The van der Waals surface area contributed by atoms with Gasteiger partial charge in [0.1, 0.15) is 18.2 Å². The maximum atomic E-state index is 12.4. The lowest BCUT2D eigenvalue weighted by atomic mass is 10.1. The maximum Gasteiger partial charge on any atom is 0.287 e. The van der Waals surface area contributed by atoms with Gasteiger partial charge in [-0.2, -0.15) is 0 Å². The van der Waals surface area contributed by atoms with Crippen LogP contribution in [-0.2, 0) is 37.4 Å². The second-order valence-corrected chi connectivity index (χ2v) is 8.08. The van der Waals surface area contributed by atoms with Gasteiger partial charge in [0.25, 0.3) is 5.91 Å². The summed E-state index contributed by atoms with van der Waals surface area (Å²) in [7, 11) is 1.58. The zero-order chi connectivity index (χ0) is 22.6. The number of ether oxygens (including phenoxy) is 1. The van der Waals surface area contributed by atoms with Gasteiger partial charge in [0.2, 0.25) is 0 Å². The van der Waals surface area contributed by atoms with Crippen LogP contribution in [0.2, 0.25) is 0 Å². The first-order valence-corrected chi connectivity index (χ1v) is 11.0. The number of benzene rings is 1. The fourth-order valence-corrected chi connectivity index (χ4v) is 4.23. The number of rotatable bonds is 7. The van der Waals surface area contributed by atoms with Gasteiger partial charge in [-0.05, 0) is 29.8 Å². The van der Waals surface area contributed by atoms with Gasteiger partial charge in [0.05, 0.1) is 12.1 Å². The van der Waals surface area contributed by atoms with Crippen LogP contribution in [0.3, 0.4) is 0 Å². The lowest BCUT2D eigenvalue weighted by molar-refractivity contribution is 0.0913. The van der Waals surface area contributed by atoms with Crippen molar-refractivity contribution >= 4 is 16.8 Å². The fraction of sp³-hybridized carbons (Fsp3) is 0.333. The van der Waals surface area contributed by atoms with Crippen LogP contribution < -0.4 is 5.32 Å². The molecule has 0 unspecified atom stereocenters. The predicted molar refractivity (Wildman–Crippen MR) is 121 cm³/mol. The molecular formula is C24H26N6O3. The largest absolute Gasteiger partial charge is 0.453 e. The Hall–Kier alpha value is -3.56. The summed E-state index contributed by atoms with van der Waals surface area (Å²) >= 11 is 0. The summed E-state index contributed by atoms with van der Waals surface area (Å²) in [4.78, 5) is 19.3. The van der Waals surface area contributed by atoms with Crippen molar-refractivity contribution in [2.75, 3.05) is 20.2 Å². The number of nitrogens with zero attached hydrogens (tertiary/aromatic N) is 5. The number of pyridine rings is 1. The van der Waals surface area contributed by atoms with E-state index >= 15 is 0 Å². The van der Waals surface area contributed by atoms with Gasteiger partial charge in [-0.25, -0.2) is 0 Å². The number of furan rings is 1. The van der Waals surface area contributed by atoms with Gasteiger partial charge in [0.15, 0.2) is 11.6 Å². The Morgan fingerprint density at radius 1 is 1.12 bits per heavy atom. The monoisotopic (exact) mass is 446 g/mol. The number of aromatic nitrogens is 4. The maximum absolute atomic E-state index is 12.4. The van der Waals surface area contributed by atoms with Gasteiger partial charge in [-0.3, -0.25) is 14.7 Å². The van der Waals surface area contributed by atoms with Crippen LogP contribution >= 0.6 is 0 Å². The molecule has 3 aromatic heterocycles. The molecule has 1 aromatic carbocycles. The first-order valence-electron chi connectivity index (χ1n) is 11.0. The smallest absolute Gasteiger partial charge is 0.287 e. The number of fused-ring (bicyclic) bond motifs is 2. The summed E-state index contributed by atoms with van der Waals surface area (Å²) in [6.45, 7) is 4.03. The zero-order valence-electron chi connectivity index (χ0n) is 18.5. The molecule has 1 N–H and O–H groups in total. The Morgan fingerprint density at radius 3 is 2.97 bits per heavy atom. The Bertz CT molecular complexity index is 1260. The van der Waals surface area contributed by atoms with Crippen molar-refractivity contribution in [3.05, 3.63) is 77.4 Å². The Morgan fingerprint density at radius 2 is 2.06 bits per heavy atom. The molecule has 0 aliphatic carbocycles. The number of carbonyl (C=O) groups excluding carboxylic acids is 1. The van der Waals surface area contributed by atoms with Gasteiger partial charge in [-0.1, -0.05) is 18.2 Å². The summed E-state index contributed by atoms with van der Waals surface area (Å²) in [5.74, 6) is 2.28. The highest BCUT2D eigenvalue weighted by Crippen LogP contribution is 2.20. The zero-order valence-corrected chi connectivity index (χ0v) is 18.5. The summed E-state index contributed by atoms with van der Waals surface area (Å²) in [5, 5.41) is 12.8. The molecule has 1 aliphatic rings. The quantitative estimate of drug-likeness (QED) is 0.466. The number of amides is 1. The number of nitrogens with one attached hydrogen (secondary N) is 1. The van der Waals surface area contributed by atoms with Crippen molar-refractivity contribution < 1.29 is 13.9 Å². The van der Waals surface area contributed by atoms with Crippen LogP contribution in [-0.4, -0.2) is 50.8 Å². The van der Waals surface area contributed by atoms with Crippen molar-refractivity contribution in [2.24, 2.45) is 0 Å². The van der Waals surface area contributed by atoms with Crippen molar-refractivity contribution in [3.8, 4) is 0 Å². The van der Waals surface area contributed by atoms with E-state index in [0.717, 1.165) is 49.8 Å². The lowest BCUT2D eigenvalue weighted by Crippen LogP contribution is -2.28. The molecule has 33 heavy (non-hydrogen) atoms. The number of methoxy groups -OCH3 is 1. The normalized spacial score (nSPS) is 14.2. The molecule has 1 aliphatic heterocycles. The van der Waals surface area contributed by atoms with Gasteiger partial charge in [0, 0.05) is 51.3 Å². The SMILES string of the molecule is COCc1ccc(C(=O)NCc2nnc3n2CCN(Cc2cccc4ncccc24)CC3)o1. The van der Waals surface area contributed by atoms with Crippen molar-refractivity contribution in [3.63, 3.8) is 0 Å². The molecular weight excluding hydrogens is 420 g/mol. The van der Waals surface area contributed by atoms with Crippen LogP contribution in [0.1, 0.15) is 33.5 Å². The van der Waals surface area contributed by atoms with Crippen LogP contribution in [0, 0.1) is 0 Å². The highest BCUT2D eigenvalue weighted by atomic mass is 16.5. The third-order valence-electron chi connectivity index (χ3n) is 5.90. The van der Waals surface area contributed by atoms with Crippen molar-refractivity contribution in [1.29, 1.82) is 0 Å². The Balaban J connectivity index is 1.22. The molecule has 0 saturated carbocycles. The minimum Gasteiger partial charge on any atom is -0.453 e. The summed E-state index contributed by atoms with van der Waals surface area (Å²) in [6, 6.07) is 13.8. The lowest BCUT2D eigenvalue weighted by Gasteiger charge is -2.20. The summed E-state index contributed by atoms with van der Waals surface area (Å²) < 4.78 is 12.6. The van der Waals surface area contributed by atoms with Crippen LogP contribution in [0.4, 0.5) is 0 Å². The van der Waals surface area contributed by atoms with E-state index in [4.69, 9.17) is 9.15 Å². The van der Waals surface area contributed by atoms with E-state index < -0.39 is 0 Å². The molecule has 4 heterocycles. The molecule has 0 fully saturated rings. The fourth-order valence-electron chi connectivity index (χ4n) is 4.23. The molecule has 5 rings (SSSR count). The number of hydrogen-bond donors (Lipinski definition) is 1. The third-order valence-corrected chi connectivity index (χ3v) is 5.90. The summed E-state index contributed by atoms with van der Waals surface area (Å²) in [5.41, 5.74) is 2.29. The highest BCUT2D eigenvalue weighted by Gasteiger charge is 2.20. The molecule has 0 atom stereocenters. The topological polar surface area (TPSA) is 98.3 Å². The molecule has 170 valence electrons. The molecule has 9 heteroatoms. The molecule has 0 saturated heterocycles. The highest BCUT2D eigenvalue weighted by molar-refractivity contribution is 5.91. The van der Waals surface area contributed by atoms with E-state index in [1.54, 1.807) is 19.2 Å². The average molecular weight is 447 g/mol. The number of hydrogen-bond acceptors (Lipinski definition) is 7. The van der Waals surface area contributed by atoms with E-state index in [1.807, 2.05) is 18.3 Å². The van der Waals surface area contributed by atoms with E-state index in [2.05, 4.69) is 48.2 Å². The van der Waals surface area contributed by atoms with Crippen molar-refractivity contribution in [2.45, 2.75) is 32.7 Å². The van der Waals surface area contributed by atoms with E-state index in [0.29, 0.717) is 18.9 Å². The minimum atomic E-state index is -0.283. The van der Waals surface area contributed by atoms with E-state index in [1.165, 1.54) is 10.9 Å². The molecule has 9 nitrogen and oxygen atoms in total. The van der Waals surface area contributed by atoms with Gasteiger partial charge in [-0.15, -0.1) is 10.2 Å². The van der Waals surface area contributed by atoms with Crippen LogP contribution in [0.25, 0.3) is 10.9 Å². The molecule has 0 radical (unpaired) electrons. The predicted octanol–water partition coefficient (Wildman–Crippen LogP) is 2.55. The van der Waals surface area contributed by atoms with Gasteiger partial charge < -0.3 is 19.0 Å². The summed E-state index contributed by atoms with van der Waals surface area (Å²) in [6.07, 6.45) is 2.64. The standard InChI is InChI=1S/C24H26N6O3/c1-32-16-18-7-8-21(33-18)24(31)26-14-23-28-27-22-9-11-29(12-13-30(22)23)15-17-4-2-6-20-19(17)5-3-10-25-20/h2-8,10H,9,11-16H2,1H3,(H,26,31).